The molecule has 9 rings (SSSR count). The number of amides is 2. The lowest BCUT2D eigenvalue weighted by Gasteiger charge is -2.38. The van der Waals surface area contributed by atoms with Crippen LogP contribution in [0.5, 0.6) is 0 Å². The molecule has 3 aromatic carbocycles. The van der Waals surface area contributed by atoms with E-state index >= 15 is 0 Å². The zero-order chi connectivity index (χ0) is 51.0. The van der Waals surface area contributed by atoms with Gasteiger partial charge in [-0.3, -0.25) is 0 Å². The molecule has 19 heteroatoms. The number of aliphatic hydroxyl groups excluding tert-OH is 2. The Morgan fingerprint density at radius 1 is 0.778 bits per heavy atom. The molecule has 2 aliphatic carbocycles. The number of aliphatic hydroxyl groups is 2. The van der Waals surface area contributed by atoms with E-state index < -0.39 is 11.1 Å². The Bertz CT molecular complexity index is 3040. The van der Waals surface area contributed by atoms with E-state index in [4.69, 9.17) is 41.5 Å². The minimum Gasteiger partial charge on any atom is -0.396 e. The fourth-order valence-corrected chi connectivity index (χ4v) is 12.8. The van der Waals surface area contributed by atoms with Gasteiger partial charge in [-0.25, -0.2) is 29.1 Å². The van der Waals surface area contributed by atoms with Crippen molar-refractivity contribution in [3.63, 3.8) is 0 Å². The number of carbonyl (C=O) groups excluding carboxylic acids is 1. The molecule has 7 aromatic rings. The molecule has 0 bridgehead atoms. The van der Waals surface area contributed by atoms with E-state index in [9.17, 15) is 19.4 Å². The topological polar surface area (TPSA) is 207 Å². The summed E-state index contributed by atoms with van der Waals surface area (Å²) in [6, 6.07) is 20.3. The largest absolute Gasteiger partial charge is 0.396 e. The van der Waals surface area contributed by atoms with Gasteiger partial charge in [0.15, 0.2) is 0 Å². The molecule has 6 atom stereocenters. The van der Waals surface area contributed by atoms with Crippen LogP contribution in [0.25, 0.3) is 41.6 Å². The number of aromatic nitrogens is 6. The third-order valence-corrected chi connectivity index (χ3v) is 17.1. The van der Waals surface area contributed by atoms with Crippen LogP contribution in [0.15, 0.2) is 66.7 Å². The molecule has 380 valence electrons. The van der Waals surface area contributed by atoms with Crippen LogP contribution in [-0.4, -0.2) is 89.1 Å². The van der Waals surface area contributed by atoms with Crippen LogP contribution in [0, 0.1) is 36.4 Å². The van der Waals surface area contributed by atoms with Gasteiger partial charge < -0.3 is 42.1 Å². The molecule has 2 saturated carbocycles. The summed E-state index contributed by atoms with van der Waals surface area (Å²) in [5.41, 5.74) is 4.35. The number of hydrogen-bond donors (Lipinski definition) is 8. The number of anilines is 4. The van der Waals surface area contributed by atoms with Gasteiger partial charge in [0.05, 0.1) is 37.3 Å². The number of aryl methyl sites for hydroxylation is 1. The average molecular weight is 1040 g/mol. The molecule has 0 aliphatic heterocycles. The summed E-state index contributed by atoms with van der Waals surface area (Å²) >= 11 is 10.3. The number of carbonyl (C=O) groups is 1. The highest BCUT2D eigenvalue weighted by Gasteiger charge is 2.47. The number of rotatable bonds is 17. The first-order valence-electron chi connectivity index (χ1n) is 24.7. The molecule has 0 radical (unpaired) electrons. The number of hydrogen-bond acceptors (Lipinski definition) is 15. The highest BCUT2D eigenvalue weighted by atomic mass is 35.5. The maximum absolute atomic E-state index is 13.7. The van der Waals surface area contributed by atoms with Gasteiger partial charge in [-0.1, -0.05) is 61.8 Å². The third-order valence-electron chi connectivity index (χ3n) is 14.8. The molecule has 2 amide bonds. The van der Waals surface area contributed by atoms with E-state index in [0.717, 1.165) is 73.5 Å². The maximum atomic E-state index is 13.7. The van der Waals surface area contributed by atoms with Crippen molar-refractivity contribution < 1.29 is 19.4 Å². The number of benzene rings is 3. The molecule has 0 spiro atoms. The lowest BCUT2D eigenvalue weighted by atomic mass is 9.79. The standard InChI is InChI=1S/C53H64ClFN12O3S2/c1-29-34(27-68)19-21-52(29,7)65-45-41(43(54)62-49(64-45)58-26-32-15-17-36(55)18-16-32)47-61-42-33(11-10-14-39(42)72-47)25-53(22-20-35(28-69)30(53)2)66-44-40(46-60-37-12-8-9-13-38(37)71-46)31(3)59-48(63-44)56-23-24-57-50(70)67-51(4,5)6/h8-18,29-30,34-35,68-69H,19-28H2,1-7H3,(H2,57,67,70)(H2,56,59,63,66)(H2,58,62,64,65). The molecule has 4 heterocycles. The van der Waals surface area contributed by atoms with Crippen molar-refractivity contribution in [2.24, 2.45) is 23.7 Å². The summed E-state index contributed by atoms with van der Waals surface area (Å²) in [4.78, 5) is 42.9. The van der Waals surface area contributed by atoms with E-state index in [2.05, 4.69) is 76.9 Å². The van der Waals surface area contributed by atoms with Crippen molar-refractivity contribution in [1.82, 2.24) is 40.5 Å². The van der Waals surface area contributed by atoms with Crippen LogP contribution in [0.4, 0.5) is 32.7 Å². The van der Waals surface area contributed by atoms with Crippen LogP contribution >= 0.6 is 34.3 Å². The van der Waals surface area contributed by atoms with Gasteiger partial charge in [0.1, 0.15) is 32.6 Å². The van der Waals surface area contributed by atoms with Crippen LogP contribution in [0.2, 0.25) is 5.15 Å². The molecule has 0 saturated heterocycles. The summed E-state index contributed by atoms with van der Waals surface area (Å²) < 4.78 is 15.8. The lowest BCUT2D eigenvalue weighted by Crippen LogP contribution is -2.47. The van der Waals surface area contributed by atoms with Crippen molar-refractivity contribution >= 4 is 84.3 Å². The van der Waals surface area contributed by atoms with Gasteiger partial charge in [0, 0.05) is 49.5 Å². The smallest absolute Gasteiger partial charge is 0.315 e. The quantitative estimate of drug-likeness (QED) is 0.0316. The Morgan fingerprint density at radius 2 is 1.44 bits per heavy atom. The van der Waals surface area contributed by atoms with E-state index in [1.54, 1.807) is 23.5 Å². The van der Waals surface area contributed by atoms with Crippen LogP contribution in [-0.2, 0) is 13.0 Å². The predicted molar refractivity (Wildman–Crippen MR) is 290 cm³/mol. The normalized spacial score (nSPS) is 22.1. The minimum atomic E-state index is -0.594. The van der Waals surface area contributed by atoms with Crippen LogP contribution < -0.4 is 31.9 Å². The lowest BCUT2D eigenvalue weighted by molar-refractivity contribution is 0.183. The first-order valence-corrected chi connectivity index (χ1v) is 26.7. The van der Waals surface area contributed by atoms with E-state index in [0.29, 0.717) is 60.2 Å². The molecular weight excluding hydrogens is 971 g/mol. The summed E-state index contributed by atoms with van der Waals surface area (Å²) in [6.45, 7) is 15.5. The first kappa shape index (κ1) is 51.1. The minimum absolute atomic E-state index is 0.00165. The second kappa shape index (κ2) is 21.0. The van der Waals surface area contributed by atoms with Gasteiger partial charge in [0.2, 0.25) is 11.9 Å². The Balaban J connectivity index is 1.08. The van der Waals surface area contributed by atoms with Gasteiger partial charge in [-0.2, -0.15) is 9.97 Å². The SMILES string of the molecule is Cc1nc(NCCNC(=O)NC(C)(C)C)nc(NC2(Cc3cccc4sc(-c5c(Cl)nc(NCc6ccc(F)cc6)nc5NC5(C)CCC(CO)C5C)nc34)CCC(CO)C2C)c1-c1nc2ccccc2s1. The van der Waals surface area contributed by atoms with Crippen LogP contribution in [0.1, 0.15) is 84.0 Å². The second-order valence-corrected chi connectivity index (χ2v) is 23.2. The average Bonchev–Trinajstić information content (AvgIpc) is 4.10. The van der Waals surface area contributed by atoms with E-state index in [1.807, 2.05) is 45.9 Å². The summed E-state index contributed by atoms with van der Waals surface area (Å²) in [7, 11) is 0. The number of urea groups is 1. The van der Waals surface area contributed by atoms with Gasteiger partial charge >= 0.3 is 6.03 Å². The fraction of sp³-hybridized carbons (Fsp3) is 0.453. The molecule has 72 heavy (non-hydrogen) atoms. The molecule has 2 aliphatic rings. The highest BCUT2D eigenvalue weighted by Crippen LogP contribution is 2.49. The summed E-state index contributed by atoms with van der Waals surface area (Å²) in [5.74, 6) is 1.88. The van der Waals surface area contributed by atoms with E-state index in [-0.39, 0.29) is 59.4 Å². The van der Waals surface area contributed by atoms with Gasteiger partial charge in [0.25, 0.3) is 0 Å². The summed E-state index contributed by atoms with van der Waals surface area (Å²) in [6.07, 6.45) is 3.79. The number of halogens is 2. The number of nitrogens with zero attached hydrogens (tertiary/aromatic N) is 6. The van der Waals surface area contributed by atoms with Crippen molar-refractivity contribution in [1.29, 1.82) is 0 Å². The predicted octanol–water partition coefficient (Wildman–Crippen LogP) is 10.7. The van der Waals surface area contributed by atoms with Gasteiger partial charge in [-0.05, 0) is 132 Å². The summed E-state index contributed by atoms with van der Waals surface area (Å²) in [5, 5.41) is 43.0. The zero-order valence-corrected chi connectivity index (χ0v) is 44.2. The molecule has 15 nitrogen and oxygen atoms in total. The number of nitrogens with one attached hydrogen (secondary N) is 6. The molecule has 2 fully saturated rings. The number of para-hydroxylation sites is 2. The zero-order valence-electron chi connectivity index (χ0n) is 41.8. The Labute approximate surface area is 432 Å². The monoisotopic (exact) mass is 1030 g/mol. The van der Waals surface area contributed by atoms with E-state index in [1.165, 1.54) is 23.5 Å². The number of fused-ring (bicyclic) bond motifs is 2. The number of thiazole rings is 2. The molecule has 8 N–H and O–H groups in total. The third kappa shape index (κ3) is 10.9. The van der Waals surface area contributed by atoms with Crippen molar-refractivity contribution in [2.45, 2.75) is 104 Å². The maximum Gasteiger partial charge on any atom is 0.315 e. The molecule has 6 unspecified atom stereocenters. The van der Waals surface area contributed by atoms with Crippen molar-refractivity contribution in [3.05, 3.63) is 94.5 Å². The Morgan fingerprint density at radius 3 is 2.15 bits per heavy atom. The first-order chi connectivity index (χ1) is 34.4. The molecule has 4 aromatic heterocycles. The van der Waals surface area contributed by atoms with Crippen molar-refractivity contribution in [3.8, 4) is 21.1 Å². The Hall–Kier alpha value is -5.79. The Kier molecular flexibility index (Phi) is 14.9. The second-order valence-electron chi connectivity index (χ2n) is 20.8. The highest BCUT2D eigenvalue weighted by molar-refractivity contribution is 7.22. The van der Waals surface area contributed by atoms with Gasteiger partial charge in [-0.15, -0.1) is 22.7 Å². The van der Waals surface area contributed by atoms with Crippen molar-refractivity contribution in [2.75, 3.05) is 47.6 Å². The fourth-order valence-electron chi connectivity index (χ4n) is 10.4. The van der Waals surface area contributed by atoms with Crippen LogP contribution in [0.3, 0.4) is 0 Å². The molecular formula is C53H64ClFN12O3S2.